The molecule has 1 heterocycles. The number of carbonyl (C=O) groups is 1. The van der Waals surface area contributed by atoms with Crippen LogP contribution in [0.5, 0.6) is 0 Å². The zero-order chi connectivity index (χ0) is 14.7. The van der Waals surface area contributed by atoms with Crippen LogP contribution < -0.4 is 10.6 Å². The molecule has 1 amide bonds. The van der Waals surface area contributed by atoms with Crippen LogP contribution in [0.25, 0.3) is 6.08 Å². The van der Waals surface area contributed by atoms with Crippen LogP contribution in [-0.4, -0.2) is 5.91 Å². The molecule has 2 N–H and O–H groups in total. The standard InChI is InChI=1S/C17H13BrN2O/c18-13-8-5-12(6-9-13)7-10-14-11-17(21)20-16-4-2-1-3-15(16)19-14/h1-11,19H,(H,20,21). The molecule has 3 rings (SSSR count). The van der Waals surface area contributed by atoms with E-state index in [-0.39, 0.29) is 5.91 Å². The van der Waals surface area contributed by atoms with Crippen molar-refractivity contribution in [1.29, 1.82) is 0 Å². The van der Waals surface area contributed by atoms with Gasteiger partial charge in [0.15, 0.2) is 0 Å². The predicted octanol–water partition coefficient (Wildman–Crippen LogP) is 4.41. The molecule has 4 heteroatoms. The lowest BCUT2D eigenvalue weighted by Crippen LogP contribution is -2.06. The van der Waals surface area contributed by atoms with E-state index in [1.807, 2.05) is 60.7 Å². The Balaban J connectivity index is 1.85. The van der Waals surface area contributed by atoms with E-state index in [2.05, 4.69) is 26.6 Å². The minimum Gasteiger partial charge on any atom is -0.354 e. The van der Waals surface area contributed by atoms with Gasteiger partial charge >= 0.3 is 0 Å². The Bertz CT molecular complexity index is 733. The van der Waals surface area contributed by atoms with Gasteiger partial charge in [-0.05, 0) is 35.9 Å². The maximum absolute atomic E-state index is 11.8. The molecule has 0 aromatic heterocycles. The number of fused-ring (bicyclic) bond motifs is 1. The molecule has 0 spiro atoms. The molecule has 0 saturated heterocycles. The van der Waals surface area contributed by atoms with E-state index >= 15 is 0 Å². The van der Waals surface area contributed by atoms with E-state index in [0.717, 1.165) is 27.1 Å². The third-order valence-electron chi connectivity index (χ3n) is 3.08. The van der Waals surface area contributed by atoms with E-state index in [4.69, 9.17) is 0 Å². The van der Waals surface area contributed by atoms with Gasteiger partial charge in [0.1, 0.15) is 0 Å². The quantitative estimate of drug-likeness (QED) is 0.850. The van der Waals surface area contributed by atoms with Crippen LogP contribution in [0.4, 0.5) is 11.4 Å². The molecule has 1 aliphatic heterocycles. The molecule has 0 atom stereocenters. The minimum atomic E-state index is -0.136. The van der Waals surface area contributed by atoms with E-state index in [1.165, 1.54) is 0 Å². The van der Waals surface area contributed by atoms with Crippen LogP contribution in [0.1, 0.15) is 5.56 Å². The normalized spacial score (nSPS) is 14.0. The molecular weight excluding hydrogens is 328 g/mol. The van der Waals surface area contributed by atoms with Crippen molar-refractivity contribution < 1.29 is 4.79 Å². The maximum atomic E-state index is 11.8. The SMILES string of the molecule is O=C1C=C(C=Cc2ccc(Br)cc2)Nc2ccccc2N1. The van der Waals surface area contributed by atoms with Crippen molar-refractivity contribution in [2.45, 2.75) is 0 Å². The van der Waals surface area contributed by atoms with Gasteiger partial charge in [-0.3, -0.25) is 4.79 Å². The lowest BCUT2D eigenvalue weighted by molar-refractivity contribution is -0.111. The number of rotatable bonds is 2. The monoisotopic (exact) mass is 340 g/mol. The van der Waals surface area contributed by atoms with Crippen LogP contribution in [0.2, 0.25) is 0 Å². The smallest absolute Gasteiger partial charge is 0.250 e. The van der Waals surface area contributed by atoms with Gasteiger partial charge in [-0.2, -0.15) is 0 Å². The first-order valence-corrected chi connectivity index (χ1v) is 7.32. The second-order valence-corrected chi connectivity index (χ2v) is 5.56. The van der Waals surface area contributed by atoms with Crippen molar-refractivity contribution in [2.24, 2.45) is 0 Å². The van der Waals surface area contributed by atoms with Gasteiger partial charge in [0.2, 0.25) is 0 Å². The van der Waals surface area contributed by atoms with Crippen molar-refractivity contribution in [2.75, 3.05) is 10.6 Å². The third kappa shape index (κ3) is 3.41. The van der Waals surface area contributed by atoms with Crippen LogP contribution >= 0.6 is 15.9 Å². The highest BCUT2D eigenvalue weighted by Crippen LogP contribution is 2.25. The maximum Gasteiger partial charge on any atom is 0.250 e. The van der Waals surface area contributed by atoms with Gasteiger partial charge in [-0.1, -0.05) is 46.3 Å². The molecular formula is C17H13BrN2O. The van der Waals surface area contributed by atoms with E-state index in [0.29, 0.717) is 0 Å². The number of halogens is 1. The zero-order valence-corrected chi connectivity index (χ0v) is 12.7. The van der Waals surface area contributed by atoms with Gasteiger partial charge in [0.25, 0.3) is 5.91 Å². The Morgan fingerprint density at radius 2 is 1.52 bits per heavy atom. The summed E-state index contributed by atoms with van der Waals surface area (Å²) < 4.78 is 1.04. The van der Waals surface area contributed by atoms with Gasteiger partial charge in [-0.15, -0.1) is 0 Å². The van der Waals surface area contributed by atoms with Crippen molar-refractivity contribution in [3.63, 3.8) is 0 Å². The third-order valence-corrected chi connectivity index (χ3v) is 3.60. The Kier molecular flexibility index (Phi) is 3.88. The number of amides is 1. The molecule has 0 saturated carbocycles. The molecule has 104 valence electrons. The fraction of sp³-hybridized carbons (Fsp3) is 0. The lowest BCUT2D eigenvalue weighted by Gasteiger charge is -2.08. The van der Waals surface area contributed by atoms with Gasteiger partial charge in [0.05, 0.1) is 11.4 Å². The Hall–Kier alpha value is -2.33. The molecule has 0 bridgehead atoms. The van der Waals surface area contributed by atoms with Gasteiger partial charge in [-0.25, -0.2) is 0 Å². The van der Waals surface area contributed by atoms with Crippen molar-refractivity contribution in [3.05, 3.63) is 76.4 Å². The Morgan fingerprint density at radius 3 is 2.24 bits per heavy atom. The number of hydrogen-bond acceptors (Lipinski definition) is 2. The summed E-state index contributed by atoms with van der Waals surface area (Å²) in [6.45, 7) is 0. The fourth-order valence-electron chi connectivity index (χ4n) is 2.05. The van der Waals surface area contributed by atoms with Crippen molar-refractivity contribution >= 4 is 39.3 Å². The molecule has 2 aromatic carbocycles. The first kappa shape index (κ1) is 13.6. The van der Waals surface area contributed by atoms with E-state index in [9.17, 15) is 4.79 Å². The summed E-state index contributed by atoms with van der Waals surface area (Å²) in [5.74, 6) is -0.136. The molecule has 0 aliphatic carbocycles. The fourth-order valence-corrected chi connectivity index (χ4v) is 2.32. The Labute approximate surface area is 131 Å². The summed E-state index contributed by atoms with van der Waals surface area (Å²) >= 11 is 3.41. The topological polar surface area (TPSA) is 41.1 Å². The second kappa shape index (κ2) is 5.97. The number of anilines is 2. The molecule has 0 unspecified atom stereocenters. The highest BCUT2D eigenvalue weighted by molar-refractivity contribution is 9.10. The van der Waals surface area contributed by atoms with Crippen LogP contribution in [0, 0.1) is 0 Å². The molecule has 3 nitrogen and oxygen atoms in total. The second-order valence-electron chi connectivity index (χ2n) is 4.64. The van der Waals surface area contributed by atoms with Crippen LogP contribution in [0.15, 0.2) is 70.9 Å². The summed E-state index contributed by atoms with van der Waals surface area (Å²) in [6, 6.07) is 15.6. The summed E-state index contributed by atoms with van der Waals surface area (Å²) in [6.07, 6.45) is 5.41. The summed E-state index contributed by atoms with van der Waals surface area (Å²) in [7, 11) is 0. The average Bonchev–Trinajstić information content (AvgIpc) is 2.64. The first-order valence-electron chi connectivity index (χ1n) is 6.53. The van der Waals surface area contributed by atoms with Crippen LogP contribution in [0.3, 0.4) is 0 Å². The molecule has 0 fully saturated rings. The average molecular weight is 341 g/mol. The lowest BCUT2D eigenvalue weighted by atomic mass is 10.2. The highest BCUT2D eigenvalue weighted by atomic mass is 79.9. The highest BCUT2D eigenvalue weighted by Gasteiger charge is 2.10. The number of para-hydroxylation sites is 2. The van der Waals surface area contributed by atoms with E-state index in [1.54, 1.807) is 6.08 Å². The summed E-state index contributed by atoms with van der Waals surface area (Å²) in [5.41, 5.74) is 3.49. The van der Waals surface area contributed by atoms with Gasteiger partial charge < -0.3 is 10.6 Å². The number of hydrogen-bond donors (Lipinski definition) is 2. The first-order chi connectivity index (χ1) is 10.2. The van der Waals surface area contributed by atoms with Crippen molar-refractivity contribution in [3.8, 4) is 0 Å². The molecule has 1 aliphatic rings. The molecule has 0 radical (unpaired) electrons. The zero-order valence-electron chi connectivity index (χ0n) is 11.1. The van der Waals surface area contributed by atoms with E-state index < -0.39 is 0 Å². The predicted molar refractivity (Wildman–Crippen MR) is 90.0 cm³/mol. The number of nitrogens with one attached hydrogen (secondary N) is 2. The largest absolute Gasteiger partial charge is 0.354 e. The molecule has 21 heavy (non-hydrogen) atoms. The Morgan fingerprint density at radius 1 is 0.857 bits per heavy atom. The van der Waals surface area contributed by atoms with Crippen molar-refractivity contribution in [1.82, 2.24) is 0 Å². The summed E-state index contributed by atoms with van der Waals surface area (Å²) in [4.78, 5) is 11.8. The number of allylic oxidation sites excluding steroid dienone is 1. The molecule has 2 aromatic rings. The van der Waals surface area contributed by atoms with Crippen LogP contribution in [-0.2, 0) is 4.79 Å². The number of benzene rings is 2. The minimum absolute atomic E-state index is 0.136. The number of carbonyl (C=O) groups excluding carboxylic acids is 1. The summed E-state index contributed by atoms with van der Waals surface area (Å²) in [5, 5.41) is 6.09. The van der Waals surface area contributed by atoms with Gasteiger partial charge in [0, 0.05) is 16.2 Å².